The van der Waals surface area contributed by atoms with Gasteiger partial charge < -0.3 is 10.1 Å². The maximum Gasteiger partial charge on any atom is 0.266 e. The van der Waals surface area contributed by atoms with E-state index in [2.05, 4.69) is 10.4 Å². The van der Waals surface area contributed by atoms with Crippen molar-refractivity contribution in [1.29, 1.82) is 0 Å². The van der Waals surface area contributed by atoms with Crippen LogP contribution in [0.2, 0.25) is 5.02 Å². The fourth-order valence-electron chi connectivity index (χ4n) is 6.33. The summed E-state index contributed by atoms with van der Waals surface area (Å²) in [5, 5.41) is 8.53. The van der Waals surface area contributed by atoms with Crippen molar-refractivity contribution in [2.75, 3.05) is 17.7 Å². The molecule has 1 atom stereocenters. The topological polar surface area (TPSA) is 111 Å². The quantitative estimate of drug-likeness (QED) is 0.226. The zero-order valence-electron chi connectivity index (χ0n) is 26.3. The summed E-state index contributed by atoms with van der Waals surface area (Å²) in [6, 6.07) is 14.5. The lowest BCUT2D eigenvalue weighted by molar-refractivity contribution is 0.414. The Kier molecular flexibility index (Phi) is 8.12. The monoisotopic (exact) mass is 708 g/mol. The number of nitrogens with one attached hydrogen (secondary N) is 1. The SMILES string of the molecule is COc1ccc(CN(c2nn(C)c3c4c(cc(Cl)c23)CNC(Cc2cc(F)cc(F)c2)c2nc3cc(F)ccc3c(=O)n2-4)S(C)(=O)=O)cc1. The largest absolute Gasteiger partial charge is 0.497 e. The third kappa shape index (κ3) is 5.89. The van der Waals surface area contributed by atoms with Gasteiger partial charge in [0, 0.05) is 25.7 Å². The van der Waals surface area contributed by atoms with E-state index in [-0.39, 0.29) is 52.5 Å². The van der Waals surface area contributed by atoms with Crippen molar-refractivity contribution in [1.82, 2.24) is 24.6 Å². The molecule has 0 spiro atoms. The van der Waals surface area contributed by atoms with Gasteiger partial charge in [0.2, 0.25) is 10.0 Å². The van der Waals surface area contributed by atoms with E-state index in [1.165, 1.54) is 34.6 Å². The van der Waals surface area contributed by atoms with Gasteiger partial charge in [-0.05, 0) is 65.6 Å². The van der Waals surface area contributed by atoms with E-state index < -0.39 is 39.1 Å². The van der Waals surface area contributed by atoms with Crippen LogP contribution in [0.5, 0.6) is 5.75 Å². The van der Waals surface area contributed by atoms with Gasteiger partial charge in [0.1, 0.15) is 29.0 Å². The first-order chi connectivity index (χ1) is 23.3. The van der Waals surface area contributed by atoms with Crippen LogP contribution < -0.4 is 19.9 Å². The smallest absolute Gasteiger partial charge is 0.266 e. The minimum atomic E-state index is -3.93. The zero-order chi connectivity index (χ0) is 34.8. The normalized spacial score (nSPS) is 14.5. The molecule has 49 heavy (non-hydrogen) atoms. The highest BCUT2D eigenvalue weighted by Gasteiger charge is 2.33. The molecule has 1 unspecified atom stereocenters. The summed E-state index contributed by atoms with van der Waals surface area (Å²) in [5.41, 5.74) is 1.73. The Balaban J connectivity index is 1.48. The Bertz CT molecular complexity index is 2450. The van der Waals surface area contributed by atoms with Crippen LogP contribution in [0.1, 0.15) is 28.6 Å². The second-order valence-corrected chi connectivity index (χ2v) is 14.2. The first-order valence-corrected chi connectivity index (χ1v) is 17.2. The first kappa shape index (κ1) is 32.6. The molecule has 0 bridgehead atoms. The molecular formula is C34H28ClF3N6O4S. The molecule has 10 nitrogen and oxygen atoms in total. The van der Waals surface area contributed by atoms with Crippen molar-refractivity contribution in [2.45, 2.75) is 25.6 Å². The van der Waals surface area contributed by atoms with Gasteiger partial charge in [-0.2, -0.15) is 5.10 Å². The third-order valence-corrected chi connectivity index (χ3v) is 9.91. The predicted octanol–water partition coefficient (Wildman–Crippen LogP) is 5.70. The van der Waals surface area contributed by atoms with Gasteiger partial charge in [-0.3, -0.25) is 14.0 Å². The van der Waals surface area contributed by atoms with Crippen molar-refractivity contribution in [2.24, 2.45) is 7.05 Å². The molecule has 4 aromatic carbocycles. The highest BCUT2D eigenvalue weighted by atomic mass is 35.5. The number of halogens is 4. The zero-order valence-corrected chi connectivity index (χ0v) is 27.9. The van der Waals surface area contributed by atoms with E-state index in [1.807, 2.05) is 0 Å². The number of sulfonamides is 1. The molecule has 15 heteroatoms. The van der Waals surface area contributed by atoms with E-state index in [0.717, 1.165) is 28.8 Å². The molecule has 3 heterocycles. The van der Waals surface area contributed by atoms with Gasteiger partial charge in [0.05, 0.1) is 58.5 Å². The van der Waals surface area contributed by atoms with Crippen LogP contribution in [-0.2, 0) is 36.6 Å². The highest BCUT2D eigenvalue weighted by molar-refractivity contribution is 7.92. The molecule has 7 rings (SSSR count). The standard InChI is InChI=1S/C34H28ClF3N6O4S/c1-42-31-29(33(41-42)43(49(3,46)47)17-18-4-7-24(48-2)8-5-18)26(35)13-20-16-39-28(12-19-10-22(37)14-23(38)11-19)32-40-27-15-21(36)6-9-25(27)34(45)44(32)30(20)31/h4-11,13-15,28,39H,12,16-17H2,1-3H3. The van der Waals surface area contributed by atoms with Crippen molar-refractivity contribution in [3.05, 3.63) is 122 Å². The number of hydrogen-bond donors (Lipinski definition) is 1. The fraction of sp³-hybridized carbons (Fsp3) is 0.206. The lowest BCUT2D eigenvalue weighted by Crippen LogP contribution is -2.30. The van der Waals surface area contributed by atoms with E-state index in [9.17, 15) is 26.4 Å². The Morgan fingerprint density at radius 1 is 1.00 bits per heavy atom. The number of aryl methyl sites for hydroxylation is 1. The van der Waals surface area contributed by atoms with Gasteiger partial charge >= 0.3 is 0 Å². The highest BCUT2D eigenvalue weighted by Crippen LogP contribution is 2.41. The third-order valence-electron chi connectivity index (χ3n) is 8.51. The average Bonchev–Trinajstić information content (AvgIpc) is 3.30. The molecule has 1 aliphatic rings. The molecule has 252 valence electrons. The lowest BCUT2D eigenvalue weighted by atomic mass is 10.0. The molecule has 1 N–H and O–H groups in total. The van der Waals surface area contributed by atoms with Crippen molar-refractivity contribution in [3.8, 4) is 11.4 Å². The maximum atomic E-state index is 14.4. The van der Waals surface area contributed by atoms with Crippen LogP contribution in [0.15, 0.2) is 71.5 Å². The van der Waals surface area contributed by atoms with Crippen LogP contribution in [0, 0.1) is 17.5 Å². The summed E-state index contributed by atoms with van der Waals surface area (Å²) in [5.74, 6) is -1.34. The fourth-order valence-corrected chi connectivity index (χ4v) is 7.46. The number of ether oxygens (including phenoxy) is 1. The van der Waals surface area contributed by atoms with E-state index >= 15 is 0 Å². The predicted molar refractivity (Wildman–Crippen MR) is 180 cm³/mol. The molecule has 0 saturated heterocycles. The minimum absolute atomic E-state index is 0.0210. The summed E-state index contributed by atoms with van der Waals surface area (Å²) in [7, 11) is -0.793. The second-order valence-electron chi connectivity index (χ2n) is 11.8. The van der Waals surface area contributed by atoms with Gasteiger partial charge in [0.25, 0.3) is 5.56 Å². The molecule has 2 aromatic heterocycles. The summed E-state index contributed by atoms with van der Waals surface area (Å²) < 4.78 is 78.7. The van der Waals surface area contributed by atoms with Crippen molar-refractivity contribution >= 4 is 49.2 Å². The van der Waals surface area contributed by atoms with Crippen LogP contribution in [0.4, 0.5) is 19.0 Å². The lowest BCUT2D eigenvalue weighted by Gasteiger charge is -2.21. The van der Waals surface area contributed by atoms with E-state index in [1.54, 1.807) is 37.4 Å². The van der Waals surface area contributed by atoms with Crippen molar-refractivity contribution in [3.63, 3.8) is 0 Å². The average molecular weight is 709 g/mol. The first-order valence-electron chi connectivity index (χ1n) is 15.0. The number of anilines is 1. The van der Waals surface area contributed by atoms with Crippen LogP contribution in [-0.4, -0.2) is 41.1 Å². The molecule has 0 amide bonds. The number of methoxy groups -OCH3 is 1. The molecule has 0 aliphatic carbocycles. The number of rotatable bonds is 7. The number of aromatic nitrogens is 4. The summed E-state index contributed by atoms with van der Waals surface area (Å²) in [6.07, 6.45) is 1.08. The molecule has 1 aliphatic heterocycles. The summed E-state index contributed by atoms with van der Waals surface area (Å²) in [4.78, 5) is 19.1. The molecule has 6 aromatic rings. The van der Waals surface area contributed by atoms with Gasteiger partial charge in [-0.25, -0.2) is 30.9 Å². The van der Waals surface area contributed by atoms with Crippen LogP contribution in [0.25, 0.3) is 27.5 Å². The van der Waals surface area contributed by atoms with Crippen LogP contribution >= 0.6 is 11.6 Å². The Morgan fingerprint density at radius 3 is 2.39 bits per heavy atom. The number of nitrogens with zero attached hydrogens (tertiary/aromatic N) is 5. The van der Waals surface area contributed by atoms with E-state index in [0.29, 0.717) is 33.6 Å². The molecular weight excluding hydrogens is 681 g/mol. The Labute approximate surface area is 283 Å². The summed E-state index contributed by atoms with van der Waals surface area (Å²) in [6.45, 7) is 0.0492. The minimum Gasteiger partial charge on any atom is -0.497 e. The number of benzene rings is 4. The number of fused-ring (bicyclic) bond motifs is 6. The van der Waals surface area contributed by atoms with E-state index in [4.69, 9.17) is 21.3 Å². The van der Waals surface area contributed by atoms with Crippen LogP contribution in [0.3, 0.4) is 0 Å². The van der Waals surface area contributed by atoms with Gasteiger partial charge in [-0.1, -0.05) is 23.7 Å². The Morgan fingerprint density at radius 2 is 1.71 bits per heavy atom. The molecule has 0 radical (unpaired) electrons. The van der Waals surface area contributed by atoms with Gasteiger partial charge in [-0.15, -0.1) is 0 Å². The van der Waals surface area contributed by atoms with Crippen molar-refractivity contribution < 1.29 is 26.3 Å². The van der Waals surface area contributed by atoms with Gasteiger partial charge in [0.15, 0.2) is 5.82 Å². The Hall–Kier alpha value is -4.92. The molecule has 0 saturated carbocycles. The maximum absolute atomic E-state index is 14.4. The molecule has 0 fully saturated rings. The second kappa shape index (κ2) is 12.2. The summed E-state index contributed by atoms with van der Waals surface area (Å²) >= 11 is 6.94. The number of hydrogen-bond acceptors (Lipinski definition) is 7.